The molecular weight excluding hydrogens is 524 g/mol. The van der Waals surface area contributed by atoms with Crippen LogP contribution in [0.2, 0.25) is 0 Å². The number of amides is 2. The number of para-hydroxylation sites is 1. The van der Waals surface area contributed by atoms with Crippen molar-refractivity contribution in [2.75, 3.05) is 32.8 Å². The van der Waals surface area contributed by atoms with Crippen LogP contribution < -0.4 is 19.5 Å². The molecular formula is C32H30N2O5S. The molecule has 0 spiro atoms. The highest BCUT2D eigenvalue weighted by atomic mass is 32.2. The highest BCUT2D eigenvalue weighted by molar-refractivity contribution is 7.98. The number of hydrogen-bond acceptors (Lipinski definition) is 6. The van der Waals surface area contributed by atoms with E-state index in [2.05, 4.69) is 5.32 Å². The standard InChI is InChI=1S/C32H30N2O5S/c1-34-30(20-10-16-24(40-4)17-11-20)29(25-18-27(37-2)28(38-3)19-26(25)32(34)36)31(35)33-21-12-14-23(15-13-21)39-22-8-6-5-7-9-22/h5-19,29-30H,1-4H3,(H,33,35)/t29-,30-/m0/s1. The predicted molar refractivity (Wildman–Crippen MR) is 157 cm³/mol. The van der Waals surface area contributed by atoms with Gasteiger partial charge in [-0.1, -0.05) is 30.3 Å². The van der Waals surface area contributed by atoms with Crippen molar-refractivity contribution in [3.05, 3.63) is 108 Å². The highest BCUT2D eigenvalue weighted by Crippen LogP contribution is 2.46. The molecule has 7 nitrogen and oxygen atoms in total. The fourth-order valence-corrected chi connectivity index (χ4v) is 5.41. The highest BCUT2D eigenvalue weighted by Gasteiger charge is 2.43. The summed E-state index contributed by atoms with van der Waals surface area (Å²) >= 11 is 1.63. The number of nitrogens with zero attached hydrogens (tertiary/aromatic N) is 1. The fraction of sp³-hybridized carbons (Fsp3) is 0.188. The number of carbonyl (C=O) groups excluding carboxylic acids is 2. The molecule has 1 aliphatic heterocycles. The topological polar surface area (TPSA) is 77.1 Å². The Kier molecular flexibility index (Phi) is 7.98. The molecule has 0 aromatic heterocycles. The van der Waals surface area contributed by atoms with Crippen LogP contribution in [0.4, 0.5) is 5.69 Å². The molecule has 40 heavy (non-hydrogen) atoms. The Hall–Kier alpha value is -4.43. The van der Waals surface area contributed by atoms with E-state index in [4.69, 9.17) is 14.2 Å². The van der Waals surface area contributed by atoms with Crippen molar-refractivity contribution in [1.82, 2.24) is 4.90 Å². The minimum absolute atomic E-state index is 0.193. The first-order valence-corrected chi connectivity index (χ1v) is 14.0. The molecule has 0 bridgehead atoms. The van der Waals surface area contributed by atoms with Gasteiger partial charge in [-0.2, -0.15) is 0 Å². The van der Waals surface area contributed by atoms with Crippen molar-refractivity contribution >= 4 is 29.3 Å². The molecule has 4 aromatic rings. The maximum Gasteiger partial charge on any atom is 0.254 e. The number of anilines is 1. The molecule has 1 N–H and O–H groups in total. The average molecular weight is 555 g/mol. The number of benzene rings is 4. The van der Waals surface area contributed by atoms with Gasteiger partial charge in [-0.15, -0.1) is 11.8 Å². The third-order valence-corrected chi connectivity index (χ3v) is 7.76. The minimum atomic E-state index is -0.710. The van der Waals surface area contributed by atoms with Gasteiger partial charge in [0.05, 0.1) is 26.2 Å². The van der Waals surface area contributed by atoms with Gasteiger partial charge >= 0.3 is 0 Å². The Labute approximate surface area is 238 Å². The number of thioether (sulfide) groups is 1. The van der Waals surface area contributed by atoms with Crippen LogP contribution in [0.25, 0.3) is 0 Å². The molecule has 0 saturated carbocycles. The molecule has 1 aliphatic rings. The zero-order valence-electron chi connectivity index (χ0n) is 22.7. The van der Waals surface area contributed by atoms with E-state index in [1.807, 2.05) is 60.9 Å². The van der Waals surface area contributed by atoms with Gasteiger partial charge in [-0.25, -0.2) is 0 Å². The van der Waals surface area contributed by atoms with E-state index in [1.165, 1.54) is 14.2 Å². The Morgan fingerprint density at radius 2 is 1.48 bits per heavy atom. The van der Waals surface area contributed by atoms with E-state index in [-0.39, 0.29) is 11.8 Å². The van der Waals surface area contributed by atoms with E-state index in [0.29, 0.717) is 34.1 Å². The molecule has 0 radical (unpaired) electrons. The van der Waals surface area contributed by atoms with Crippen molar-refractivity contribution < 1.29 is 23.8 Å². The van der Waals surface area contributed by atoms with Gasteiger partial charge in [0.1, 0.15) is 11.5 Å². The van der Waals surface area contributed by atoms with E-state index in [1.54, 1.807) is 60.1 Å². The first-order valence-electron chi connectivity index (χ1n) is 12.7. The molecule has 0 unspecified atom stereocenters. The van der Waals surface area contributed by atoms with Gasteiger partial charge in [0, 0.05) is 23.2 Å². The maximum atomic E-state index is 14.1. The Morgan fingerprint density at radius 1 is 0.850 bits per heavy atom. The number of likely N-dealkylation sites (N-methyl/N-ethyl adjacent to an activating group) is 1. The summed E-state index contributed by atoms with van der Waals surface area (Å²) in [4.78, 5) is 30.4. The van der Waals surface area contributed by atoms with Crippen LogP contribution in [0.5, 0.6) is 23.0 Å². The van der Waals surface area contributed by atoms with Gasteiger partial charge in [-0.05, 0) is 78.0 Å². The minimum Gasteiger partial charge on any atom is -0.493 e. The van der Waals surface area contributed by atoms with Crippen LogP contribution in [0.1, 0.15) is 33.4 Å². The number of methoxy groups -OCH3 is 2. The monoisotopic (exact) mass is 554 g/mol. The second-order valence-corrected chi connectivity index (χ2v) is 10.2. The van der Waals surface area contributed by atoms with Crippen molar-refractivity contribution in [3.8, 4) is 23.0 Å². The first-order chi connectivity index (χ1) is 19.4. The quantitative estimate of drug-likeness (QED) is 0.242. The molecule has 2 amide bonds. The lowest BCUT2D eigenvalue weighted by Gasteiger charge is -2.40. The molecule has 0 aliphatic carbocycles. The molecule has 204 valence electrons. The lowest BCUT2D eigenvalue weighted by Crippen LogP contribution is -2.44. The largest absolute Gasteiger partial charge is 0.493 e. The van der Waals surface area contributed by atoms with Crippen LogP contribution in [-0.2, 0) is 4.79 Å². The van der Waals surface area contributed by atoms with E-state index < -0.39 is 12.0 Å². The van der Waals surface area contributed by atoms with Crippen LogP contribution in [0.3, 0.4) is 0 Å². The zero-order valence-corrected chi connectivity index (χ0v) is 23.5. The smallest absolute Gasteiger partial charge is 0.254 e. The molecule has 2 atom stereocenters. The molecule has 5 rings (SSSR count). The third-order valence-electron chi connectivity index (χ3n) is 7.02. The second-order valence-electron chi connectivity index (χ2n) is 9.33. The number of fused-ring (bicyclic) bond motifs is 1. The summed E-state index contributed by atoms with van der Waals surface area (Å²) in [5, 5.41) is 3.06. The van der Waals surface area contributed by atoms with Crippen molar-refractivity contribution in [3.63, 3.8) is 0 Å². The maximum absolute atomic E-state index is 14.1. The van der Waals surface area contributed by atoms with Gasteiger partial charge in [-0.3, -0.25) is 9.59 Å². The van der Waals surface area contributed by atoms with Crippen molar-refractivity contribution in [2.45, 2.75) is 16.9 Å². The Balaban J connectivity index is 1.51. The first kappa shape index (κ1) is 27.1. The van der Waals surface area contributed by atoms with Gasteiger partial charge < -0.3 is 24.4 Å². The summed E-state index contributed by atoms with van der Waals surface area (Å²) in [5.74, 6) is 1.11. The van der Waals surface area contributed by atoms with Crippen LogP contribution in [0.15, 0.2) is 95.9 Å². The van der Waals surface area contributed by atoms with Crippen molar-refractivity contribution in [1.29, 1.82) is 0 Å². The SMILES string of the molecule is COc1cc2c(cc1OC)[C@H](C(=O)Nc1ccc(Oc3ccccc3)cc1)[C@H](c1ccc(SC)cc1)N(C)C2=O. The Bertz CT molecular complexity index is 1510. The van der Waals surface area contributed by atoms with Gasteiger partial charge in [0.15, 0.2) is 11.5 Å². The average Bonchev–Trinajstić information content (AvgIpc) is 2.99. The molecule has 1 heterocycles. The van der Waals surface area contributed by atoms with Gasteiger partial charge in [0.25, 0.3) is 5.91 Å². The number of rotatable bonds is 8. The van der Waals surface area contributed by atoms with E-state index >= 15 is 0 Å². The molecule has 0 fully saturated rings. The normalized spacial score (nSPS) is 16.2. The summed E-state index contributed by atoms with van der Waals surface area (Å²) in [6.07, 6.45) is 2.01. The van der Waals surface area contributed by atoms with Crippen LogP contribution in [-0.4, -0.2) is 44.2 Å². The molecule has 0 saturated heterocycles. The summed E-state index contributed by atoms with van der Waals surface area (Å²) in [6.45, 7) is 0. The number of nitrogens with one attached hydrogen (secondary N) is 1. The van der Waals surface area contributed by atoms with Crippen LogP contribution >= 0.6 is 11.8 Å². The predicted octanol–water partition coefficient (Wildman–Crippen LogP) is 6.77. The fourth-order valence-electron chi connectivity index (χ4n) is 5.00. The van der Waals surface area contributed by atoms with E-state index in [9.17, 15) is 9.59 Å². The molecule has 4 aromatic carbocycles. The summed E-state index contributed by atoms with van der Waals surface area (Å²) < 4.78 is 16.9. The lowest BCUT2D eigenvalue weighted by molar-refractivity contribution is -0.119. The summed E-state index contributed by atoms with van der Waals surface area (Å²) in [6, 6.07) is 27.5. The molecule has 8 heteroatoms. The lowest BCUT2D eigenvalue weighted by atomic mass is 9.79. The number of carbonyl (C=O) groups is 2. The van der Waals surface area contributed by atoms with Crippen molar-refractivity contribution in [2.24, 2.45) is 0 Å². The Morgan fingerprint density at radius 3 is 2.10 bits per heavy atom. The van der Waals surface area contributed by atoms with Crippen LogP contribution in [0, 0.1) is 0 Å². The second kappa shape index (κ2) is 11.8. The van der Waals surface area contributed by atoms with Gasteiger partial charge in [0.2, 0.25) is 5.91 Å². The summed E-state index contributed by atoms with van der Waals surface area (Å²) in [7, 11) is 4.78. The number of ether oxygens (including phenoxy) is 3. The van der Waals surface area contributed by atoms with E-state index in [0.717, 1.165) is 16.2 Å². The summed E-state index contributed by atoms with van der Waals surface area (Å²) in [5.41, 5.74) is 2.47. The number of hydrogen-bond donors (Lipinski definition) is 1. The third kappa shape index (κ3) is 5.35. The zero-order chi connectivity index (χ0) is 28.2.